The van der Waals surface area contributed by atoms with E-state index in [0.717, 1.165) is 22.4 Å². The number of benzene rings is 2. The first-order chi connectivity index (χ1) is 13.5. The number of hydrogen-bond donors (Lipinski definition) is 1. The van der Waals surface area contributed by atoms with Crippen LogP contribution in [0.15, 0.2) is 54.7 Å². The number of carbonyl (C=O) groups excluding carboxylic acids is 1. The number of pyridine rings is 1. The molecule has 0 radical (unpaired) electrons. The van der Waals surface area contributed by atoms with Crippen LogP contribution in [0.25, 0.3) is 11.1 Å². The molecule has 5 nitrogen and oxygen atoms in total. The van der Waals surface area contributed by atoms with Crippen molar-refractivity contribution in [1.82, 2.24) is 9.88 Å². The summed E-state index contributed by atoms with van der Waals surface area (Å²) in [6, 6.07) is 14.5. The predicted molar refractivity (Wildman–Crippen MR) is 111 cm³/mol. The van der Waals surface area contributed by atoms with Crippen LogP contribution in [0.2, 0.25) is 10.0 Å². The van der Waals surface area contributed by atoms with E-state index in [-0.39, 0.29) is 5.91 Å². The predicted octanol–water partition coefficient (Wildman–Crippen LogP) is 4.67. The molecule has 28 heavy (non-hydrogen) atoms. The fourth-order valence-corrected chi connectivity index (χ4v) is 3.43. The summed E-state index contributed by atoms with van der Waals surface area (Å²) in [6.07, 6.45) is 1.73. The number of carbonyl (C=O) groups is 1. The molecule has 3 aromatic rings. The van der Waals surface area contributed by atoms with Crippen molar-refractivity contribution in [3.8, 4) is 16.9 Å². The van der Waals surface area contributed by atoms with Crippen molar-refractivity contribution in [2.75, 3.05) is 18.9 Å². The molecule has 1 aromatic heterocycles. The second-order valence-electron chi connectivity index (χ2n) is 6.50. The number of rotatable bonds is 2. The molecule has 0 unspecified atom stereocenters. The Bertz CT molecular complexity index is 1040. The van der Waals surface area contributed by atoms with Crippen LogP contribution in [0.4, 0.5) is 5.82 Å². The van der Waals surface area contributed by atoms with Crippen molar-refractivity contribution in [1.29, 1.82) is 0 Å². The first-order valence-corrected chi connectivity index (χ1v) is 9.49. The zero-order chi connectivity index (χ0) is 19.7. The maximum atomic E-state index is 13.0. The number of nitrogen functional groups attached to an aromatic ring is 1. The van der Waals surface area contributed by atoms with Crippen molar-refractivity contribution >= 4 is 34.9 Å². The lowest BCUT2D eigenvalue weighted by molar-refractivity contribution is 0.0733. The lowest BCUT2D eigenvalue weighted by atomic mass is 10.0. The van der Waals surface area contributed by atoms with Crippen LogP contribution in [0.3, 0.4) is 0 Å². The summed E-state index contributed by atoms with van der Waals surface area (Å²) < 4.78 is 5.84. The number of aromatic nitrogens is 1. The quantitative estimate of drug-likeness (QED) is 0.662. The average molecular weight is 414 g/mol. The van der Waals surface area contributed by atoms with E-state index in [2.05, 4.69) is 4.98 Å². The van der Waals surface area contributed by atoms with E-state index in [1.807, 2.05) is 24.3 Å². The Labute approximate surface area is 172 Å². The minimum Gasteiger partial charge on any atom is -0.491 e. The Morgan fingerprint density at radius 1 is 1.04 bits per heavy atom. The lowest BCUT2D eigenvalue weighted by Gasteiger charge is -2.20. The molecule has 0 saturated heterocycles. The molecule has 1 aliphatic heterocycles. The Hall–Kier alpha value is -2.76. The monoisotopic (exact) mass is 413 g/mol. The maximum absolute atomic E-state index is 13.0. The second-order valence-corrected chi connectivity index (χ2v) is 7.31. The van der Waals surface area contributed by atoms with Gasteiger partial charge in [0, 0.05) is 29.4 Å². The summed E-state index contributed by atoms with van der Waals surface area (Å²) in [4.78, 5) is 18.9. The largest absolute Gasteiger partial charge is 0.491 e. The van der Waals surface area contributed by atoms with Crippen LogP contribution in [0.5, 0.6) is 5.75 Å². The molecule has 0 bridgehead atoms. The molecule has 2 N–H and O–H groups in total. The molecule has 142 valence electrons. The molecule has 0 spiro atoms. The summed E-state index contributed by atoms with van der Waals surface area (Å²) in [7, 11) is 0. The van der Waals surface area contributed by atoms with Crippen LogP contribution in [-0.4, -0.2) is 28.9 Å². The van der Waals surface area contributed by atoms with Crippen molar-refractivity contribution in [3.05, 3.63) is 75.9 Å². The molecular weight excluding hydrogens is 397 g/mol. The number of hydrogen-bond acceptors (Lipinski definition) is 4. The number of amides is 1. The molecule has 1 aliphatic rings. The third kappa shape index (κ3) is 3.77. The smallest absolute Gasteiger partial charge is 0.254 e. The van der Waals surface area contributed by atoms with E-state index in [0.29, 0.717) is 41.1 Å². The van der Waals surface area contributed by atoms with Gasteiger partial charge in [0.05, 0.1) is 16.6 Å². The summed E-state index contributed by atoms with van der Waals surface area (Å²) in [5.74, 6) is 1.13. The van der Waals surface area contributed by atoms with Crippen LogP contribution in [0.1, 0.15) is 15.9 Å². The van der Waals surface area contributed by atoms with Crippen molar-refractivity contribution < 1.29 is 9.53 Å². The average Bonchev–Trinajstić information content (AvgIpc) is 2.92. The summed E-state index contributed by atoms with van der Waals surface area (Å²) in [5, 5.41) is 0.779. The molecule has 1 amide bonds. The van der Waals surface area contributed by atoms with Gasteiger partial charge in [-0.3, -0.25) is 4.79 Å². The van der Waals surface area contributed by atoms with Crippen LogP contribution < -0.4 is 10.5 Å². The fraction of sp³-hybridized carbons (Fsp3) is 0.143. The van der Waals surface area contributed by atoms with Gasteiger partial charge in [0.2, 0.25) is 0 Å². The molecule has 7 heteroatoms. The van der Waals surface area contributed by atoms with E-state index in [1.165, 1.54) is 0 Å². The number of nitrogens with zero attached hydrogens (tertiary/aromatic N) is 2. The molecule has 2 aromatic carbocycles. The van der Waals surface area contributed by atoms with Crippen molar-refractivity contribution in [2.24, 2.45) is 0 Å². The van der Waals surface area contributed by atoms with Gasteiger partial charge in [0.25, 0.3) is 5.91 Å². The maximum Gasteiger partial charge on any atom is 0.254 e. The number of halogens is 2. The topological polar surface area (TPSA) is 68.5 Å². The zero-order valence-electron chi connectivity index (χ0n) is 14.9. The number of anilines is 1. The first kappa shape index (κ1) is 18.6. The molecule has 0 atom stereocenters. The minimum absolute atomic E-state index is 0.116. The first-order valence-electron chi connectivity index (χ1n) is 8.73. The van der Waals surface area contributed by atoms with Crippen LogP contribution in [-0.2, 0) is 6.54 Å². The highest BCUT2D eigenvalue weighted by Crippen LogP contribution is 2.30. The SMILES string of the molecule is Nc1ccc(-c2ccc3c(c2)CN(C(=O)c2ccc(Cl)c(Cl)c2)CCO3)cn1. The lowest BCUT2D eigenvalue weighted by Crippen LogP contribution is -2.32. The van der Waals surface area contributed by atoms with E-state index in [9.17, 15) is 4.79 Å². The fourth-order valence-electron chi connectivity index (χ4n) is 3.14. The number of fused-ring (bicyclic) bond motifs is 1. The molecule has 2 heterocycles. The van der Waals surface area contributed by atoms with Gasteiger partial charge in [-0.15, -0.1) is 0 Å². The van der Waals surface area contributed by atoms with Gasteiger partial charge >= 0.3 is 0 Å². The van der Waals surface area contributed by atoms with Crippen molar-refractivity contribution in [3.63, 3.8) is 0 Å². The van der Waals surface area contributed by atoms with Crippen molar-refractivity contribution in [2.45, 2.75) is 6.54 Å². The zero-order valence-corrected chi connectivity index (χ0v) is 16.4. The highest BCUT2D eigenvalue weighted by molar-refractivity contribution is 6.42. The third-order valence-electron chi connectivity index (χ3n) is 4.61. The number of nitrogens with two attached hydrogens (primary N) is 1. The van der Waals surface area contributed by atoms with Gasteiger partial charge < -0.3 is 15.4 Å². The Kier molecular flexibility index (Phi) is 5.11. The van der Waals surface area contributed by atoms with Gasteiger partial charge in [-0.2, -0.15) is 0 Å². The minimum atomic E-state index is -0.116. The second kappa shape index (κ2) is 7.70. The molecular formula is C21H17Cl2N3O2. The summed E-state index contributed by atoms with van der Waals surface area (Å²) in [6.45, 7) is 1.33. The van der Waals surface area contributed by atoms with Crippen LogP contribution in [0, 0.1) is 0 Å². The van der Waals surface area contributed by atoms with Gasteiger partial charge in [-0.1, -0.05) is 29.3 Å². The summed E-state index contributed by atoms with van der Waals surface area (Å²) >= 11 is 12.0. The highest BCUT2D eigenvalue weighted by atomic mass is 35.5. The Balaban J connectivity index is 1.63. The van der Waals surface area contributed by atoms with Gasteiger partial charge in [0.15, 0.2) is 0 Å². The van der Waals surface area contributed by atoms with E-state index in [1.54, 1.807) is 35.4 Å². The molecule has 0 fully saturated rings. The van der Waals surface area contributed by atoms with Crippen LogP contribution >= 0.6 is 23.2 Å². The number of ether oxygens (including phenoxy) is 1. The van der Waals surface area contributed by atoms with Gasteiger partial charge in [-0.25, -0.2) is 4.98 Å². The normalized spacial score (nSPS) is 13.4. The van der Waals surface area contributed by atoms with Gasteiger partial charge in [-0.05, 0) is 48.0 Å². The Morgan fingerprint density at radius 2 is 1.86 bits per heavy atom. The standard InChI is InChI=1S/C21H17Cl2N3O2/c22-17-4-1-14(10-18(17)23)21(27)26-7-8-28-19-5-2-13(9-16(19)12-26)15-3-6-20(24)25-11-15/h1-6,9-11H,7-8,12H2,(H2,24,25). The van der Waals surface area contributed by atoms with E-state index >= 15 is 0 Å². The highest BCUT2D eigenvalue weighted by Gasteiger charge is 2.22. The Morgan fingerprint density at radius 3 is 2.61 bits per heavy atom. The molecule has 0 saturated carbocycles. The summed E-state index contributed by atoms with van der Waals surface area (Å²) in [5.41, 5.74) is 9.03. The van der Waals surface area contributed by atoms with Gasteiger partial charge in [0.1, 0.15) is 18.2 Å². The third-order valence-corrected chi connectivity index (χ3v) is 5.35. The molecule has 0 aliphatic carbocycles. The van der Waals surface area contributed by atoms with E-state index in [4.69, 9.17) is 33.7 Å². The molecule has 4 rings (SSSR count). The van der Waals surface area contributed by atoms with E-state index < -0.39 is 0 Å².